The van der Waals surface area contributed by atoms with Crippen molar-refractivity contribution in [2.45, 2.75) is 79.1 Å². The number of rotatable bonds is 19. The fourth-order valence-electron chi connectivity index (χ4n) is 4.50. The van der Waals surface area contributed by atoms with Crippen LogP contribution in [0.1, 0.15) is 72.5 Å². The number of carbonyl (C=O) groups is 2. The number of aliphatic hydroxyl groups is 2. The monoisotopic (exact) mass is 567 g/mol. The molecule has 230 valence electrons. The molecular formula is C30H53N3O7. The van der Waals surface area contributed by atoms with Crippen molar-refractivity contribution < 1.29 is 34.0 Å². The molecule has 1 aromatic rings. The molecule has 10 nitrogen and oxygen atoms in total. The lowest BCUT2D eigenvalue weighted by Gasteiger charge is -2.32. The Bertz CT molecular complexity index is 923. The van der Waals surface area contributed by atoms with E-state index in [2.05, 4.69) is 5.32 Å². The smallest absolute Gasteiger partial charge is 0.224 e. The molecule has 0 saturated carbocycles. The minimum atomic E-state index is -0.966. The standard InChI is InChI=1S/C30H53N3O7/c1-18(2)21(27(35)20-10-11-25(39-8)26(14-20)40-13-9-12-38-7)15-23(31)24(34)16-22(19(3)4)28(36)33-17-30(5,6)29(32)37/h10-11,14,18-19,21-24,27,34-35H,9,12-13,15-17,31H2,1-8H3,(H2,32,37)(H,33,36)/t21-,22-,23-,24-,27?/m0/s1. The van der Waals surface area contributed by atoms with E-state index in [0.717, 1.165) is 0 Å². The summed E-state index contributed by atoms with van der Waals surface area (Å²) in [5.41, 5.74) is 11.7. The number of ether oxygens (including phenoxy) is 3. The Hall–Kier alpha value is -2.40. The number of aliphatic hydroxyl groups excluding tert-OH is 2. The van der Waals surface area contributed by atoms with Crippen molar-refractivity contribution >= 4 is 11.8 Å². The SMILES string of the molecule is COCCCOc1cc(C(O)[C@@H](C[C@H](N)[C@@H](O)C[C@H](C(=O)NCC(C)(C)C(N)=O)C(C)C)C(C)C)ccc1OC. The third-order valence-corrected chi connectivity index (χ3v) is 7.59. The number of methoxy groups -OCH3 is 2. The lowest BCUT2D eigenvalue weighted by molar-refractivity contribution is -0.130. The number of benzene rings is 1. The maximum absolute atomic E-state index is 12.9. The third kappa shape index (κ3) is 10.9. The van der Waals surface area contributed by atoms with E-state index in [9.17, 15) is 19.8 Å². The van der Waals surface area contributed by atoms with E-state index in [4.69, 9.17) is 25.7 Å². The molecule has 0 saturated heterocycles. The van der Waals surface area contributed by atoms with Crippen LogP contribution in [0.4, 0.5) is 0 Å². The molecule has 0 aliphatic carbocycles. The average Bonchev–Trinajstić information content (AvgIpc) is 2.90. The van der Waals surface area contributed by atoms with Gasteiger partial charge in [-0.25, -0.2) is 0 Å². The van der Waals surface area contributed by atoms with Crippen LogP contribution in [0, 0.1) is 29.1 Å². The predicted molar refractivity (Wildman–Crippen MR) is 156 cm³/mol. The molecule has 5 atom stereocenters. The van der Waals surface area contributed by atoms with E-state index in [1.165, 1.54) is 0 Å². The molecule has 10 heteroatoms. The van der Waals surface area contributed by atoms with Crippen molar-refractivity contribution in [2.24, 2.45) is 40.6 Å². The van der Waals surface area contributed by atoms with Crippen LogP contribution < -0.4 is 26.3 Å². The van der Waals surface area contributed by atoms with Gasteiger partial charge in [0.05, 0.1) is 31.3 Å². The van der Waals surface area contributed by atoms with Crippen LogP contribution >= 0.6 is 0 Å². The van der Waals surface area contributed by atoms with Crippen LogP contribution in [0.25, 0.3) is 0 Å². The maximum atomic E-state index is 12.9. The van der Waals surface area contributed by atoms with E-state index in [0.29, 0.717) is 43.1 Å². The minimum Gasteiger partial charge on any atom is -0.493 e. The van der Waals surface area contributed by atoms with Gasteiger partial charge in [0.25, 0.3) is 0 Å². The Morgan fingerprint density at radius 2 is 1.65 bits per heavy atom. The number of hydrogen-bond acceptors (Lipinski definition) is 8. The topological polar surface area (TPSA) is 166 Å². The van der Waals surface area contributed by atoms with Crippen molar-refractivity contribution in [2.75, 3.05) is 34.0 Å². The highest BCUT2D eigenvalue weighted by molar-refractivity contribution is 5.83. The fraction of sp³-hybridized carbons (Fsp3) is 0.733. The second-order valence-corrected chi connectivity index (χ2v) is 12.0. The maximum Gasteiger partial charge on any atom is 0.224 e. The molecule has 2 amide bonds. The first-order valence-electron chi connectivity index (χ1n) is 14.1. The quantitative estimate of drug-likeness (QED) is 0.159. The van der Waals surface area contributed by atoms with E-state index in [1.54, 1.807) is 46.3 Å². The Morgan fingerprint density at radius 1 is 1.00 bits per heavy atom. The molecule has 0 fully saturated rings. The second kappa shape index (κ2) is 16.8. The number of nitrogens with one attached hydrogen (secondary N) is 1. The van der Waals surface area contributed by atoms with Crippen LogP contribution in [0.15, 0.2) is 18.2 Å². The van der Waals surface area contributed by atoms with Gasteiger partial charge in [0.15, 0.2) is 11.5 Å². The molecule has 1 rings (SSSR count). The number of nitrogens with two attached hydrogens (primary N) is 2. The second-order valence-electron chi connectivity index (χ2n) is 12.0. The fourth-order valence-corrected chi connectivity index (χ4v) is 4.50. The molecule has 0 bridgehead atoms. The number of primary amides is 1. The van der Waals surface area contributed by atoms with Gasteiger partial charge in [-0.15, -0.1) is 0 Å². The summed E-state index contributed by atoms with van der Waals surface area (Å²) in [5, 5.41) is 25.2. The lowest BCUT2D eigenvalue weighted by Crippen LogP contribution is -2.46. The van der Waals surface area contributed by atoms with E-state index in [1.807, 2.05) is 27.7 Å². The highest BCUT2D eigenvalue weighted by Crippen LogP contribution is 2.37. The van der Waals surface area contributed by atoms with Crippen LogP contribution in [0.3, 0.4) is 0 Å². The molecule has 0 aromatic heterocycles. The van der Waals surface area contributed by atoms with Gasteiger partial charge in [0.1, 0.15) is 0 Å². The lowest BCUT2D eigenvalue weighted by atomic mass is 9.79. The van der Waals surface area contributed by atoms with Gasteiger partial charge in [-0.3, -0.25) is 9.59 Å². The Kier molecular flexibility index (Phi) is 14.9. The van der Waals surface area contributed by atoms with Crippen LogP contribution in [-0.2, 0) is 14.3 Å². The van der Waals surface area contributed by atoms with Gasteiger partial charge in [-0.05, 0) is 62.1 Å². The predicted octanol–water partition coefficient (Wildman–Crippen LogP) is 2.78. The molecule has 40 heavy (non-hydrogen) atoms. The van der Waals surface area contributed by atoms with E-state index < -0.39 is 35.5 Å². The average molecular weight is 568 g/mol. The minimum absolute atomic E-state index is 0.0571. The number of carbonyl (C=O) groups excluding carboxylic acids is 2. The molecule has 7 N–H and O–H groups in total. The van der Waals surface area contributed by atoms with Gasteiger partial charge >= 0.3 is 0 Å². The summed E-state index contributed by atoms with van der Waals surface area (Å²) in [6.07, 6.45) is -0.606. The third-order valence-electron chi connectivity index (χ3n) is 7.59. The normalized spacial score (nSPS) is 15.8. The van der Waals surface area contributed by atoms with Gasteiger partial charge in [-0.2, -0.15) is 0 Å². The van der Waals surface area contributed by atoms with Crippen LogP contribution in [-0.4, -0.2) is 68.2 Å². The Labute approximate surface area is 240 Å². The molecule has 0 radical (unpaired) electrons. The number of hydrogen-bond donors (Lipinski definition) is 5. The zero-order valence-corrected chi connectivity index (χ0v) is 25.6. The molecule has 1 unspecified atom stereocenters. The van der Waals surface area contributed by atoms with E-state index in [-0.39, 0.29) is 36.6 Å². The summed E-state index contributed by atoms with van der Waals surface area (Å²) >= 11 is 0. The molecular weight excluding hydrogens is 514 g/mol. The largest absolute Gasteiger partial charge is 0.493 e. The number of amides is 2. The first-order chi connectivity index (χ1) is 18.7. The zero-order chi connectivity index (χ0) is 30.6. The summed E-state index contributed by atoms with van der Waals surface area (Å²) in [6, 6.07) is 4.68. The molecule has 1 aromatic carbocycles. The first kappa shape index (κ1) is 35.6. The van der Waals surface area contributed by atoms with Crippen molar-refractivity contribution in [1.29, 1.82) is 0 Å². The summed E-state index contributed by atoms with van der Waals surface area (Å²) in [5.74, 6) is -0.434. The van der Waals surface area contributed by atoms with Crippen molar-refractivity contribution in [3.05, 3.63) is 23.8 Å². The van der Waals surface area contributed by atoms with Gasteiger partial charge in [-0.1, -0.05) is 33.8 Å². The van der Waals surface area contributed by atoms with Crippen LogP contribution in [0.5, 0.6) is 11.5 Å². The van der Waals surface area contributed by atoms with Crippen molar-refractivity contribution in [1.82, 2.24) is 5.32 Å². The summed E-state index contributed by atoms with van der Waals surface area (Å²) in [6.45, 7) is 12.3. The van der Waals surface area contributed by atoms with Crippen molar-refractivity contribution in [3.8, 4) is 11.5 Å². The summed E-state index contributed by atoms with van der Waals surface area (Å²) in [4.78, 5) is 24.6. The highest BCUT2D eigenvalue weighted by Gasteiger charge is 2.33. The van der Waals surface area contributed by atoms with Gasteiger partial charge < -0.3 is 41.2 Å². The van der Waals surface area contributed by atoms with Crippen molar-refractivity contribution in [3.63, 3.8) is 0 Å². The molecule has 0 spiro atoms. The zero-order valence-electron chi connectivity index (χ0n) is 25.6. The Balaban J connectivity index is 2.97. The summed E-state index contributed by atoms with van der Waals surface area (Å²) in [7, 11) is 3.20. The molecule has 0 aliphatic rings. The first-order valence-corrected chi connectivity index (χ1v) is 14.1. The molecule has 0 aliphatic heterocycles. The Morgan fingerprint density at radius 3 is 2.17 bits per heavy atom. The summed E-state index contributed by atoms with van der Waals surface area (Å²) < 4.78 is 16.4. The molecule has 0 heterocycles. The highest BCUT2D eigenvalue weighted by atomic mass is 16.5. The van der Waals surface area contributed by atoms with E-state index >= 15 is 0 Å². The van der Waals surface area contributed by atoms with Gasteiger partial charge in [0, 0.05) is 38.6 Å². The van der Waals surface area contributed by atoms with Gasteiger partial charge in [0.2, 0.25) is 11.8 Å². The van der Waals surface area contributed by atoms with Crippen LogP contribution in [0.2, 0.25) is 0 Å².